The number of fused-ring (bicyclic) bond motifs is 10. The van der Waals surface area contributed by atoms with E-state index < -0.39 is 0 Å². The maximum atomic E-state index is 2.59. The van der Waals surface area contributed by atoms with Crippen molar-refractivity contribution in [3.05, 3.63) is 192 Å². The van der Waals surface area contributed by atoms with Gasteiger partial charge in [0.25, 0.3) is 0 Å². The molecule has 0 radical (unpaired) electrons. The van der Waals surface area contributed by atoms with E-state index in [4.69, 9.17) is 0 Å². The van der Waals surface area contributed by atoms with Crippen LogP contribution in [0, 0.1) is 0 Å². The first-order valence-electron chi connectivity index (χ1n) is 19.9. The number of rotatable bonds is 3. The van der Waals surface area contributed by atoms with Gasteiger partial charge in [-0.2, -0.15) is 0 Å². The summed E-state index contributed by atoms with van der Waals surface area (Å²) in [7, 11) is 0. The molecule has 0 saturated carbocycles. The fourth-order valence-corrected chi connectivity index (χ4v) is 10.4. The molecule has 0 bridgehead atoms. The Hall–Kier alpha value is -6.64. The average Bonchev–Trinajstić information content (AvgIpc) is 3.74. The van der Waals surface area contributed by atoms with Crippen LogP contribution in [-0.2, 0) is 10.8 Å². The molecular weight excluding hydrogens is 677 g/mol. The molecule has 2 aromatic heterocycles. The van der Waals surface area contributed by atoms with Crippen molar-refractivity contribution >= 4 is 43.6 Å². The molecule has 2 nitrogen and oxygen atoms in total. The summed E-state index contributed by atoms with van der Waals surface area (Å²) in [5.74, 6) is 0. The Bertz CT molecular complexity index is 3270. The largest absolute Gasteiger partial charge is 0.309 e. The van der Waals surface area contributed by atoms with Crippen LogP contribution < -0.4 is 0 Å². The normalized spacial score (nSPS) is 14.7. The Balaban J connectivity index is 1.24. The minimum atomic E-state index is -0.273. The predicted molar refractivity (Wildman–Crippen MR) is 236 cm³/mol. The summed E-state index contributed by atoms with van der Waals surface area (Å²) in [6, 6.07) is 63.6. The van der Waals surface area contributed by atoms with Crippen molar-refractivity contribution in [3.8, 4) is 44.8 Å². The lowest BCUT2D eigenvalue weighted by Gasteiger charge is -2.36. The van der Waals surface area contributed by atoms with E-state index in [1.54, 1.807) is 0 Å². The van der Waals surface area contributed by atoms with Gasteiger partial charge in [0.05, 0.1) is 33.4 Å². The molecule has 2 aliphatic rings. The van der Waals surface area contributed by atoms with E-state index in [0.717, 1.165) is 0 Å². The van der Waals surface area contributed by atoms with Crippen molar-refractivity contribution < 1.29 is 0 Å². The Labute approximate surface area is 326 Å². The second kappa shape index (κ2) is 11.0. The lowest BCUT2D eigenvalue weighted by Crippen LogP contribution is -2.27. The molecule has 0 atom stereocenters. The van der Waals surface area contributed by atoms with Crippen molar-refractivity contribution in [3.63, 3.8) is 0 Å². The summed E-state index contributed by atoms with van der Waals surface area (Å²) >= 11 is 0. The highest BCUT2D eigenvalue weighted by Crippen LogP contribution is 2.54. The Morgan fingerprint density at radius 1 is 0.304 bits per heavy atom. The summed E-state index contributed by atoms with van der Waals surface area (Å²) in [4.78, 5) is 0. The molecule has 56 heavy (non-hydrogen) atoms. The molecule has 8 aromatic carbocycles. The van der Waals surface area contributed by atoms with Gasteiger partial charge in [0.15, 0.2) is 0 Å². The average molecular weight is 717 g/mol. The number of benzene rings is 8. The maximum absolute atomic E-state index is 2.59. The van der Waals surface area contributed by atoms with Crippen LogP contribution in [0.1, 0.15) is 49.9 Å². The van der Waals surface area contributed by atoms with Crippen molar-refractivity contribution in [2.45, 2.75) is 38.5 Å². The van der Waals surface area contributed by atoms with Crippen molar-refractivity contribution in [1.29, 1.82) is 0 Å². The quantitative estimate of drug-likeness (QED) is 0.172. The minimum absolute atomic E-state index is 0.174. The zero-order chi connectivity index (χ0) is 37.5. The smallest absolute Gasteiger partial charge is 0.0582 e. The van der Waals surface area contributed by atoms with Gasteiger partial charge in [-0.3, -0.25) is 0 Å². The van der Waals surface area contributed by atoms with Gasteiger partial charge in [-0.25, -0.2) is 0 Å². The van der Waals surface area contributed by atoms with Gasteiger partial charge in [-0.15, -0.1) is 0 Å². The highest BCUT2D eigenvalue weighted by atomic mass is 15.0. The monoisotopic (exact) mass is 716 g/mol. The lowest BCUT2D eigenvalue weighted by atomic mass is 9.73. The third kappa shape index (κ3) is 4.11. The van der Waals surface area contributed by atoms with Gasteiger partial charge in [0.1, 0.15) is 0 Å². The van der Waals surface area contributed by atoms with Crippen molar-refractivity contribution in [2.24, 2.45) is 0 Å². The topological polar surface area (TPSA) is 9.86 Å². The first kappa shape index (κ1) is 31.7. The minimum Gasteiger partial charge on any atom is -0.309 e. The SMILES string of the molecule is CC1(C)c2cc3c4cc(-c5ccccc5)cc5c4n(c3cc2-n2c3ccc(-c4ccccc4)cc3c3cc(-c4ccccc4)cc1c32)-c1ccccc1C5(C)C. The van der Waals surface area contributed by atoms with E-state index in [1.165, 1.54) is 111 Å². The zero-order valence-electron chi connectivity index (χ0n) is 32.1. The van der Waals surface area contributed by atoms with E-state index in [1.807, 2.05) is 0 Å². The van der Waals surface area contributed by atoms with Crippen LogP contribution in [0.2, 0.25) is 0 Å². The maximum Gasteiger partial charge on any atom is 0.0582 e. The predicted octanol–water partition coefficient (Wildman–Crippen LogP) is 14.2. The van der Waals surface area contributed by atoms with E-state index in [-0.39, 0.29) is 10.8 Å². The molecule has 0 N–H and O–H groups in total. The second-order valence-corrected chi connectivity index (χ2v) is 17.0. The van der Waals surface area contributed by atoms with Crippen LogP contribution in [0.4, 0.5) is 0 Å². The molecule has 2 aliphatic heterocycles. The fraction of sp³-hybridized carbons (Fsp3) is 0.111. The zero-order valence-corrected chi connectivity index (χ0v) is 32.1. The standard InChI is InChI=1S/C54H40N2/c1-53(2)43-22-14-15-23-48(43)56-49-32-50-44(31-40(49)42-28-38(29-45(53)52(42)56)35-20-12-7-13-21-35)54(3,4)46-30-37(34-18-10-6-11-19-34)27-41-39-26-36(33-16-8-5-9-17-33)24-25-47(39)55(50)51(41)46/h5-32H,1-4H3. The molecular formula is C54H40N2. The number of hydrogen-bond donors (Lipinski definition) is 0. The molecule has 2 heteroatoms. The molecule has 12 rings (SSSR count). The van der Waals surface area contributed by atoms with Crippen LogP contribution in [0.3, 0.4) is 0 Å². The van der Waals surface area contributed by atoms with E-state index >= 15 is 0 Å². The van der Waals surface area contributed by atoms with Crippen LogP contribution in [0.15, 0.2) is 170 Å². The summed E-state index contributed by atoms with van der Waals surface area (Å²) in [5.41, 5.74) is 20.2. The Morgan fingerprint density at radius 2 is 0.768 bits per heavy atom. The molecule has 0 saturated heterocycles. The van der Waals surface area contributed by atoms with Gasteiger partial charge in [-0.05, 0) is 110 Å². The number of hydrogen-bond acceptors (Lipinski definition) is 0. The summed E-state index contributed by atoms with van der Waals surface area (Å²) in [6.07, 6.45) is 0. The first-order valence-corrected chi connectivity index (χ1v) is 19.9. The Kier molecular flexibility index (Phi) is 6.22. The van der Waals surface area contributed by atoms with Crippen LogP contribution in [-0.4, -0.2) is 9.13 Å². The summed E-state index contributed by atoms with van der Waals surface area (Å²) < 4.78 is 5.16. The lowest BCUT2D eigenvalue weighted by molar-refractivity contribution is 0.629. The molecule has 4 heterocycles. The van der Waals surface area contributed by atoms with Gasteiger partial charge in [-0.1, -0.05) is 143 Å². The second-order valence-electron chi connectivity index (χ2n) is 17.0. The molecule has 266 valence electrons. The van der Waals surface area contributed by atoms with Crippen LogP contribution in [0.25, 0.3) is 88.4 Å². The molecule has 0 amide bonds. The van der Waals surface area contributed by atoms with Gasteiger partial charge in [0.2, 0.25) is 0 Å². The molecule has 0 unspecified atom stereocenters. The van der Waals surface area contributed by atoms with Gasteiger partial charge < -0.3 is 9.13 Å². The highest BCUT2D eigenvalue weighted by Gasteiger charge is 2.39. The van der Waals surface area contributed by atoms with Gasteiger partial charge in [0, 0.05) is 32.4 Å². The summed E-state index contributed by atoms with van der Waals surface area (Å²) in [6.45, 7) is 9.68. The number of aromatic nitrogens is 2. The molecule has 10 aromatic rings. The fourth-order valence-electron chi connectivity index (χ4n) is 10.4. The third-order valence-electron chi connectivity index (χ3n) is 13.2. The van der Waals surface area contributed by atoms with Crippen LogP contribution in [0.5, 0.6) is 0 Å². The third-order valence-corrected chi connectivity index (χ3v) is 13.2. The van der Waals surface area contributed by atoms with E-state index in [9.17, 15) is 0 Å². The molecule has 0 spiro atoms. The van der Waals surface area contributed by atoms with Gasteiger partial charge >= 0.3 is 0 Å². The number of para-hydroxylation sites is 1. The highest BCUT2D eigenvalue weighted by molar-refractivity contribution is 6.17. The number of nitrogens with zero attached hydrogens (tertiary/aromatic N) is 2. The molecule has 0 aliphatic carbocycles. The first-order chi connectivity index (χ1) is 27.3. The van der Waals surface area contributed by atoms with Crippen LogP contribution >= 0.6 is 0 Å². The summed E-state index contributed by atoms with van der Waals surface area (Å²) in [5, 5.41) is 5.21. The van der Waals surface area contributed by atoms with Crippen molar-refractivity contribution in [1.82, 2.24) is 9.13 Å². The van der Waals surface area contributed by atoms with E-state index in [0.29, 0.717) is 0 Å². The van der Waals surface area contributed by atoms with Crippen molar-refractivity contribution in [2.75, 3.05) is 0 Å². The van der Waals surface area contributed by atoms with E-state index in [2.05, 4.69) is 207 Å². The Morgan fingerprint density at radius 3 is 1.36 bits per heavy atom. The molecule has 0 fully saturated rings.